The standard InChI is InChI=1S/C20H28O6S/c1-4-8-17-16(13-27(22,23)15-9-6-5-7-10-15)19(21)18(25-17)11-14-12-24-20(2,3)26-14/h4-7,9-10,14,16-19,21H,1,8,11-13H2,2-3H3/t14-,16-,17-,18?,19+/m0/s1. The lowest BCUT2D eigenvalue weighted by Crippen LogP contribution is -2.35. The summed E-state index contributed by atoms with van der Waals surface area (Å²) in [6, 6.07) is 8.30. The highest BCUT2D eigenvalue weighted by Gasteiger charge is 2.47. The molecule has 0 bridgehead atoms. The molecular formula is C20H28O6S. The Kier molecular flexibility index (Phi) is 6.08. The molecule has 2 aliphatic rings. The van der Waals surface area contributed by atoms with E-state index < -0.39 is 39.9 Å². The Balaban J connectivity index is 1.72. The third-order valence-corrected chi connectivity index (χ3v) is 6.94. The highest BCUT2D eigenvalue weighted by Crippen LogP contribution is 2.36. The molecule has 0 aromatic heterocycles. The molecule has 6 nitrogen and oxygen atoms in total. The Morgan fingerprint density at radius 2 is 1.96 bits per heavy atom. The van der Waals surface area contributed by atoms with Crippen LogP contribution in [0.3, 0.4) is 0 Å². The normalized spacial score (nSPS) is 33.2. The number of aliphatic hydroxyl groups excluding tert-OH is 1. The Morgan fingerprint density at radius 3 is 2.56 bits per heavy atom. The molecule has 150 valence electrons. The predicted molar refractivity (Wildman–Crippen MR) is 101 cm³/mol. The van der Waals surface area contributed by atoms with Gasteiger partial charge in [-0.15, -0.1) is 6.58 Å². The smallest absolute Gasteiger partial charge is 0.178 e. The van der Waals surface area contributed by atoms with Crippen molar-refractivity contribution in [1.29, 1.82) is 0 Å². The van der Waals surface area contributed by atoms with Crippen molar-refractivity contribution < 1.29 is 27.7 Å². The Labute approximate surface area is 161 Å². The van der Waals surface area contributed by atoms with E-state index in [2.05, 4.69) is 6.58 Å². The van der Waals surface area contributed by atoms with Gasteiger partial charge in [-0.1, -0.05) is 24.3 Å². The van der Waals surface area contributed by atoms with Crippen LogP contribution < -0.4 is 0 Å². The fourth-order valence-corrected chi connectivity index (χ4v) is 5.50. The van der Waals surface area contributed by atoms with Crippen LogP contribution >= 0.6 is 0 Å². The molecule has 0 spiro atoms. The lowest BCUT2D eigenvalue weighted by molar-refractivity contribution is -0.143. The number of rotatable bonds is 7. The van der Waals surface area contributed by atoms with Crippen molar-refractivity contribution in [3.63, 3.8) is 0 Å². The van der Waals surface area contributed by atoms with Gasteiger partial charge in [-0.05, 0) is 32.4 Å². The van der Waals surface area contributed by atoms with Crippen molar-refractivity contribution in [2.75, 3.05) is 12.4 Å². The number of benzene rings is 1. The van der Waals surface area contributed by atoms with Crippen LogP contribution in [0.4, 0.5) is 0 Å². The molecule has 7 heteroatoms. The SMILES string of the molecule is C=CC[C@@H]1OC(C[C@H]2COC(C)(C)O2)[C@H](O)[C@H]1CS(=O)(=O)c1ccccc1. The Bertz CT molecular complexity index is 745. The fraction of sp³-hybridized carbons (Fsp3) is 0.600. The van der Waals surface area contributed by atoms with E-state index in [4.69, 9.17) is 14.2 Å². The average molecular weight is 397 g/mol. The molecule has 1 aromatic rings. The molecule has 2 aliphatic heterocycles. The fourth-order valence-electron chi connectivity index (χ4n) is 3.81. The molecule has 27 heavy (non-hydrogen) atoms. The topological polar surface area (TPSA) is 82.1 Å². The summed E-state index contributed by atoms with van der Waals surface area (Å²) in [7, 11) is -3.53. The van der Waals surface area contributed by atoms with Crippen molar-refractivity contribution >= 4 is 9.84 Å². The van der Waals surface area contributed by atoms with Gasteiger partial charge in [-0.25, -0.2) is 8.42 Å². The first-order valence-electron chi connectivity index (χ1n) is 9.26. The van der Waals surface area contributed by atoms with E-state index in [1.54, 1.807) is 36.4 Å². The van der Waals surface area contributed by atoms with E-state index in [0.717, 1.165) is 0 Å². The molecule has 5 atom stereocenters. The third kappa shape index (κ3) is 4.78. The molecule has 0 aliphatic carbocycles. The summed E-state index contributed by atoms with van der Waals surface area (Å²) in [6.45, 7) is 7.84. The number of sulfone groups is 1. The van der Waals surface area contributed by atoms with Crippen LogP contribution in [-0.2, 0) is 24.0 Å². The maximum absolute atomic E-state index is 12.8. The predicted octanol–water partition coefficient (Wildman–Crippen LogP) is 2.32. The van der Waals surface area contributed by atoms with Gasteiger partial charge in [0, 0.05) is 12.3 Å². The van der Waals surface area contributed by atoms with Gasteiger partial charge >= 0.3 is 0 Å². The van der Waals surface area contributed by atoms with Crippen molar-refractivity contribution in [2.24, 2.45) is 5.92 Å². The van der Waals surface area contributed by atoms with Crippen LogP contribution in [0.15, 0.2) is 47.9 Å². The second-order valence-electron chi connectivity index (χ2n) is 7.67. The molecule has 2 heterocycles. The van der Waals surface area contributed by atoms with Crippen LogP contribution in [0, 0.1) is 5.92 Å². The Hall–Kier alpha value is -1.25. The highest BCUT2D eigenvalue weighted by molar-refractivity contribution is 7.91. The Morgan fingerprint density at radius 1 is 1.26 bits per heavy atom. The average Bonchev–Trinajstić information content (AvgIpc) is 3.10. The second-order valence-corrected chi connectivity index (χ2v) is 9.71. The summed E-state index contributed by atoms with van der Waals surface area (Å²) in [5.74, 6) is -1.33. The molecule has 2 saturated heterocycles. The molecule has 0 radical (unpaired) electrons. The summed E-state index contributed by atoms with van der Waals surface area (Å²) < 4.78 is 43.0. The summed E-state index contributed by atoms with van der Waals surface area (Å²) in [5.41, 5.74) is 0. The first-order valence-corrected chi connectivity index (χ1v) is 10.9. The van der Waals surface area contributed by atoms with Gasteiger partial charge in [0.15, 0.2) is 15.6 Å². The summed E-state index contributed by atoms with van der Waals surface area (Å²) in [4.78, 5) is 0.257. The summed E-state index contributed by atoms with van der Waals surface area (Å²) >= 11 is 0. The van der Waals surface area contributed by atoms with Crippen molar-refractivity contribution in [3.05, 3.63) is 43.0 Å². The quantitative estimate of drug-likeness (QED) is 0.713. The van der Waals surface area contributed by atoms with Gasteiger partial charge in [-0.3, -0.25) is 0 Å². The van der Waals surface area contributed by atoms with Crippen LogP contribution in [0.2, 0.25) is 0 Å². The van der Waals surface area contributed by atoms with Crippen molar-refractivity contribution in [2.45, 2.75) is 61.8 Å². The van der Waals surface area contributed by atoms with Crippen molar-refractivity contribution in [3.8, 4) is 0 Å². The van der Waals surface area contributed by atoms with E-state index in [0.29, 0.717) is 19.4 Å². The lowest BCUT2D eigenvalue weighted by atomic mass is 9.94. The van der Waals surface area contributed by atoms with Crippen LogP contribution in [-0.4, -0.2) is 56.1 Å². The van der Waals surface area contributed by atoms with E-state index >= 15 is 0 Å². The first-order chi connectivity index (χ1) is 12.7. The minimum atomic E-state index is -3.53. The number of ether oxygens (including phenoxy) is 3. The zero-order valence-electron chi connectivity index (χ0n) is 15.8. The molecule has 1 unspecified atom stereocenters. The molecule has 0 amide bonds. The van der Waals surface area contributed by atoms with Crippen LogP contribution in [0.1, 0.15) is 26.7 Å². The molecule has 1 N–H and O–H groups in total. The van der Waals surface area contributed by atoms with E-state index in [9.17, 15) is 13.5 Å². The summed E-state index contributed by atoms with van der Waals surface area (Å²) in [6.07, 6.45) is 0.676. The molecule has 1 aromatic carbocycles. The maximum atomic E-state index is 12.8. The highest BCUT2D eigenvalue weighted by atomic mass is 32.2. The lowest BCUT2D eigenvalue weighted by Gasteiger charge is -2.21. The molecule has 2 fully saturated rings. The van der Waals surface area contributed by atoms with Gasteiger partial charge in [0.2, 0.25) is 0 Å². The van der Waals surface area contributed by atoms with Gasteiger partial charge in [-0.2, -0.15) is 0 Å². The number of hydrogen-bond donors (Lipinski definition) is 1. The van der Waals surface area contributed by atoms with E-state index in [1.165, 1.54) is 0 Å². The first kappa shape index (κ1) is 20.5. The van der Waals surface area contributed by atoms with Crippen molar-refractivity contribution in [1.82, 2.24) is 0 Å². The van der Waals surface area contributed by atoms with E-state index in [-0.39, 0.29) is 16.8 Å². The number of aliphatic hydroxyl groups is 1. The zero-order chi connectivity index (χ0) is 19.7. The van der Waals surface area contributed by atoms with Gasteiger partial charge in [0.05, 0.1) is 41.7 Å². The van der Waals surface area contributed by atoms with Gasteiger partial charge in [0.1, 0.15) is 0 Å². The monoisotopic (exact) mass is 396 g/mol. The zero-order valence-corrected chi connectivity index (χ0v) is 16.6. The third-order valence-electron chi connectivity index (χ3n) is 5.12. The minimum absolute atomic E-state index is 0.166. The van der Waals surface area contributed by atoms with E-state index in [1.807, 2.05) is 13.8 Å². The summed E-state index contributed by atoms with van der Waals surface area (Å²) in [5, 5.41) is 10.8. The minimum Gasteiger partial charge on any atom is -0.390 e. The molecular weight excluding hydrogens is 368 g/mol. The van der Waals surface area contributed by atoms with Gasteiger partial charge < -0.3 is 19.3 Å². The molecule has 3 rings (SSSR count). The van der Waals surface area contributed by atoms with Crippen LogP contribution in [0.5, 0.6) is 0 Å². The second kappa shape index (κ2) is 8.01. The maximum Gasteiger partial charge on any atom is 0.178 e. The number of hydrogen-bond acceptors (Lipinski definition) is 6. The van der Waals surface area contributed by atoms with Gasteiger partial charge in [0.25, 0.3) is 0 Å². The van der Waals surface area contributed by atoms with Crippen LogP contribution in [0.25, 0.3) is 0 Å². The largest absolute Gasteiger partial charge is 0.390 e. The molecule has 0 saturated carbocycles.